The number of benzene rings is 2. The van der Waals surface area contributed by atoms with E-state index in [1.807, 2.05) is 11.0 Å². The van der Waals surface area contributed by atoms with Crippen LogP contribution in [0.15, 0.2) is 54.6 Å². The largest absolute Gasteiger partial charge is 0.478 e. The third-order valence-corrected chi connectivity index (χ3v) is 6.83. The summed E-state index contributed by atoms with van der Waals surface area (Å²) in [7, 11) is 0. The van der Waals surface area contributed by atoms with Crippen LogP contribution in [0, 0.1) is 0 Å². The molecule has 0 atom stereocenters. The molecule has 2 aliphatic heterocycles. The van der Waals surface area contributed by atoms with Crippen molar-refractivity contribution in [2.24, 2.45) is 0 Å². The SMILES string of the molecule is O=C(Nc1ccc2nc(N3CCN(CC(=O)N4CCCC4)CC3)cc(C(=O)O)c2c1)c1ccccc1. The van der Waals surface area contributed by atoms with Gasteiger partial charge in [-0.2, -0.15) is 0 Å². The topological polar surface area (TPSA) is 106 Å². The molecule has 3 heterocycles. The lowest BCUT2D eigenvalue weighted by atomic mass is 10.1. The molecule has 2 fully saturated rings. The Morgan fingerprint density at radius 3 is 2.31 bits per heavy atom. The van der Waals surface area contributed by atoms with E-state index < -0.39 is 5.97 Å². The predicted octanol–water partition coefficient (Wildman–Crippen LogP) is 2.93. The molecule has 0 saturated carbocycles. The molecule has 9 nitrogen and oxygen atoms in total. The number of amides is 2. The van der Waals surface area contributed by atoms with Gasteiger partial charge in [0.25, 0.3) is 5.91 Å². The fourth-order valence-corrected chi connectivity index (χ4v) is 4.81. The Hall–Kier alpha value is -3.98. The highest BCUT2D eigenvalue weighted by Gasteiger charge is 2.25. The van der Waals surface area contributed by atoms with Crippen molar-refractivity contribution in [3.05, 3.63) is 65.7 Å². The number of rotatable bonds is 6. The lowest BCUT2D eigenvalue weighted by Gasteiger charge is -2.35. The molecule has 3 aromatic rings. The van der Waals surface area contributed by atoms with Crippen molar-refractivity contribution in [3.8, 4) is 0 Å². The van der Waals surface area contributed by atoms with Gasteiger partial charge in [0.15, 0.2) is 0 Å². The van der Waals surface area contributed by atoms with Crippen LogP contribution in [-0.4, -0.2) is 83.5 Å². The smallest absolute Gasteiger partial charge is 0.336 e. The summed E-state index contributed by atoms with van der Waals surface area (Å²) in [5, 5.41) is 13.2. The van der Waals surface area contributed by atoms with E-state index in [-0.39, 0.29) is 17.4 Å². The van der Waals surface area contributed by atoms with Crippen LogP contribution in [0.1, 0.15) is 33.6 Å². The number of carbonyl (C=O) groups excluding carboxylic acids is 2. The number of hydrogen-bond acceptors (Lipinski definition) is 6. The summed E-state index contributed by atoms with van der Waals surface area (Å²) in [6.45, 7) is 4.89. The zero-order chi connectivity index (χ0) is 25.1. The Kier molecular flexibility index (Phi) is 6.81. The Balaban J connectivity index is 1.30. The Morgan fingerprint density at radius 2 is 1.61 bits per heavy atom. The first-order valence-corrected chi connectivity index (χ1v) is 12.3. The van der Waals surface area contributed by atoms with E-state index in [2.05, 4.69) is 15.1 Å². The van der Waals surface area contributed by atoms with Crippen molar-refractivity contribution in [3.63, 3.8) is 0 Å². The van der Waals surface area contributed by atoms with Gasteiger partial charge in [0, 0.05) is 55.9 Å². The number of carbonyl (C=O) groups is 3. The number of likely N-dealkylation sites (tertiary alicyclic amines) is 1. The molecule has 0 bridgehead atoms. The highest BCUT2D eigenvalue weighted by Crippen LogP contribution is 2.27. The number of carboxylic acid groups (broad SMARTS) is 1. The third-order valence-electron chi connectivity index (χ3n) is 6.83. The minimum Gasteiger partial charge on any atom is -0.478 e. The summed E-state index contributed by atoms with van der Waals surface area (Å²) in [6, 6.07) is 15.6. The van der Waals surface area contributed by atoms with E-state index in [9.17, 15) is 19.5 Å². The van der Waals surface area contributed by atoms with Gasteiger partial charge in [0.2, 0.25) is 5.91 Å². The Labute approximate surface area is 209 Å². The second-order valence-corrected chi connectivity index (χ2v) is 9.24. The average Bonchev–Trinajstić information content (AvgIpc) is 3.44. The van der Waals surface area contributed by atoms with Crippen LogP contribution in [-0.2, 0) is 4.79 Å². The molecule has 0 unspecified atom stereocenters. The number of fused-ring (bicyclic) bond motifs is 1. The highest BCUT2D eigenvalue weighted by atomic mass is 16.4. The third kappa shape index (κ3) is 5.16. The number of hydrogen-bond donors (Lipinski definition) is 2. The Bertz CT molecular complexity index is 1280. The fourth-order valence-electron chi connectivity index (χ4n) is 4.81. The first kappa shape index (κ1) is 23.7. The predicted molar refractivity (Wildman–Crippen MR) is 138 cm³/mol. The average molecular weight is 488 g/mol. The van der Waals surface area contributed by atoms with Crippen LogP contribution in [0.3, 0.4) is 0 Å². The maximum atomic E-state index is 12.5. The van der Waals surface area contributed by atoms with E-state index in [4.69, 9.17) is 4.98 Å². The maximum absolute atomic E-state index is 12.5. The minimum absolute atomic E-state index is 0.137. The van der Waals surface area contributed by atoms with Crippen LogP contribution < -0.4 is 10.2 Å². The zero-order valence-electron chi connectivity index (χ0n) is 20.0. The van der Waals surface area contributed by atoms with Crippen LogP contribution in [0.25, 0.3) is 10.9 Å². The van der Waals surface area contributed by atoms with Gasteiger partial charge >= 0.3 is 5.97 Å². The van der Waals surface area contributed by atoms with Gasteiger partial charge in [0.1, 0.15) is 5.82 Å². The summed E-state index contributed by atoms with van der Waals surface area (Å²) < 4.78 is 0. The van der Waals surface area contributed by atoms with Crippen molar-refractivity contribution >= 4 is 40.2 Å². The second-order valence-electron chi connectivity index (χ2n) is 9.24. The number of pyridine rings is 1. The van der Waals surface area contributed by atoms with Gasteiger partial charge in [-0.1, -0.05) is 18.2 Å². The zero-order valence-corrected chi connectivity index (χ0v) is 20.0. The summed E-state index contributed by atoms with van der Waals surface area (Å²) in [6.07, 6.45) is 2.17. The molecule has 1 aromatic heterocycles. The molecule has 0 spiro atoms. The van der Waals surface area contributed by atoms with Crippen LogP contribution in [0.5, 0.6) is 0 Å². The van der Waals surface area contributed by atoms with E-state index >= 15 is 0 Å². The molecule has 2 aliphatic rings. The molecule has 5 rings (SSSR count). The van der Waals surface area contributed by atoms with E-state index in [1.54, 1.807) is 48.5 Å². The molecule has 0 aliphatic carbocycles. The van der Waals surface area contributed by atoms with Crippen LogP contribution in [0.2, 0.25) is 0 Å². The number of nitrogens with zero attached hydrogens (tertiary/aromatic N) is 4. The molecular formula is C27H29N5O4. The molecule has 2 N–H and O–H groups in total. The summed E-state index contributed by atoms with van der Waals surface area (Å²) in [5.74, 6) is -0.526. The minimum atomic E-state index is -1.05. The fraction of sp³-hybridized carbons (Fsp3) is 0.333. The maximum Gasteiger partial charge on any atom is 0.336 e. The monoisotopic (exact) mass is 487 g/mol. The van der Waals surface area contributed by atoms with Crippen molar-refractivity contribution in [1.29, 1.82) is 0 Å². The van der Waals surface area contributed by atoms with E-state index in [0.717, 1.165) is 25.9 Å². The number of aromatic carboxylic acids is 1. The molecule has 186 valence electrons. The second kappa shape index (κ2) is 10.3. The molecule has 36 heavy (non-hydrogen) atoms. The standard InChI is InChI=1S/C27H29N5O4/c33-25(32-10-4-5-11-32)18-30-12-14-31(15-13-30)24-17-22(27(35)36)21-16-20(8-9-23(21)29-24)28-26(34)19-6-2-1-3-7-19/h1-3,6-9,16-17H,4-5,10-15,18H2,(H,28,34)(H,35,36). The Morgan fingerprint density at radius 1 is 0.889 bits per heavy atom. The van der Waals surface area contributed by atoms with Gasteiger partial charge in [-0.15, -0.1) is 0 Å². The summed E-state index contributed by atoms with van der Waals surface area (Å²) >= 11 is 0. The van der Waals surface area contributed by atoms with E-state index in [1.165, 1.54) is 0 Å². The van der Waals surface area contributed by atoms with Gasteiger partial charge in [0.05, 0.1) is 17.6 Å². The molecule has 2 amide bonds. The van der Waals surface area contributed by atoms with Crippen molar-refractivity contribution in [1.82, 2.24) is 14.8 Å². The number of anilines is 2. The highest BCUT2D eigenvalue weighted by molar-refractivity contribution is 6.08. The molecule has 2 aromatic carbocycles. The van der Waals surface area contributed by atoms with Crippen molar-refractivity contribution in [2.75, 3.05) is 56.0 Å². The van der Waals surface area contributed by atoms with Gasteiger partial charge < -0.3 is 20.2 Å². The van der Waals surface area contributed by atoms with Crippen molar-refractivity contribution in [2.45, 2.75) is 12.8 Å². The molecule has 0 radical (unpaired) electrons. The molecule has 2 saturated heterocycles. The number of aromatic nitrogens is 1. The first-order valence-electron chi connectivity index (χ1n) is 12.3. The first-order chi connectivity index (χ1) is 17.5. The molecule has 9 heteroatoms. The lowest BCUT2D eigenvalue weighted by Crippen LogP contribution is -2.50. The molecular weight excluding hydrogens is 458 g/mol. The number of carboxylic acids is 1. The van der Waals surface area contributed by atoms with Crippen molar-refractivity contribution < 1.29 is 19.5 Å². The van der Waals surface area contributed by atoms with Gasteiger partial charge in [-0.3, -0.25) is 14.5 Å². The van der Waals surface area contributed by atoms with E-state index in [0.29, 0.717) is 60.7 Å². The van der Waals surface area contributed by atoms with Gasteiger partial charge in [-0.05, 0) is 49.2 Å². The number of piperazine rings is 1. The van der Waals surface area contributed by atoms with Crippen LogP contribution >= 0.6 is 0 Å². The summed E-state index contributed by atoms with van der Waals surface area (Å²) in [5.41, 5.74) is 1.71. The summed E-state index contributed by atoms with van der Waals surface area (Å²) in [4.78, 5) is 48.0. The van der Waals surface area contributed by atoms with Crippen LogP contribution in [0.4, 0.5) is 11.5 Å². The quantitative estimate of drug-likeness (QED) is 0.551. The van der Waals surface area contributed by atoms with Gasteiger partial charge in [-0.25, -0.2) is 9.78 Å². The normalized spacial score (nSPS) is 16.3. The number of nitrogens with one attached hydrogen (secondary N) is 1. The lowest BCUT2D eigenvalue weighted by molar-refractivity contribution is -0.131.